The summed E-state index contributed by atoms with van der Waals surface area (Å²) in [5.74, 6) is 1.74. The number of hydrogen-bond donors (Lipinski definition) is 1. The van der Waals surface area contributed by atoms with Gasteiger partial charge in [0.05, 0.1) is 0 Å². The van der Waals surface area contributed by atoms with Crippen LogP contribution in [-0.4, -0.2) is 19.2 Å². The molecular formula is C12H15NO. The first-order valence-electron chi connectivity index (χ1n) is 5.41. The number of para-hydroxylation sites is 1. The van der Waals surface area contributed by atoms with Crippen molar-refractivity contribution in [1.82, 2.24) is 5.32 Å². The van der Waals surface area contributed by atoms with Crippen LogP contribution in [0.1, 0.15) is 24.3 Å². The first-order chi connectivity index (χ1) is 6.95. The largest absolute Gasteiger partial charge is 0.489 e. The number of benzene rings is 1. The van der Waals surface area contributed by atoms with E-state index in [0.717, 1.165) is 25.3 Å². The van der Waals surface area contributed by atoms with Crippen molar-refractivity contribution in [2.45, 2.75) is 24.9 Å². The highest BCUT2D eigenvalue weighted by atomic mass is 16.5. The van der Waals surface area contributed by atoms with Gasteiger partial charge in [-0.15, -0.1) is 0 Å². The van der Waals surface area contributed by atoms with Gasteiger partial charge in [-0.25, -0.2) is 0 Å². The van der Waals surface area contributed by atoms with Crippen molar-refractivity contribution in [3.05, 3.63) is 29.8 Å². The molecule has 0 amide bonds. The summed E-state index contributed by atoms with van der Waals surface area (Å²) in [4.78, 5) is 0. The molecule has 1 aromatic rings. The van der Waals surface area contributed by atoms with Crippen LogP contribution in [0.15, 0.2) is 24.3 Å². The van der Waals surface area contributed by atoms with E-state index in [1.807, 2.05) is 0 Å². The van der Waals surface area contributed by atoms with Crippen LogP contribution in [0.2, 0.25) is 0 Å². The lowest BCUT2D eigenvalue weighted by Crippen LogP contribution is -2.19. The lowest BCUT2D eigenvalue weighted by molar-refractivity contribution is 0.200. The van der Waals surface area contributed by atoms with Gasteiger partial charge in [0.1, 0.15) is 11.9 Å². The molecule has 2 aliphatic heterocycles. The van der Waals surface area contributed by atoms with E-state index in [0.29, 0.717) is 12.0 Å². The molecule has 2 unspecified atom stereocenters. The zero-order valence-electron chi connectivity index (χ0n) is 8.20. The summed E-state index contributed by atoms with van der Waals surface area (Å²) in [6, 6.07) is 8.48. The maximum Gasteiger partial charge on any atom is 0.123 e. The second kappa shape index (κ2) is 3.28. The number of nitrogens with one attached hydrogen (secondary N) is 1. The van der Waals surface area contributed by atoms with Gasteiger partial charge in [-0.3, -0.25) is 0 Å². The zero-order chi connectivity index (χ0) is 9.38. The Bertz CT molecular complexity index is 337. The molecule has 0 aliphatic carbocycles. The van der Waals surface area contributed by atoms with Crippen molar-refractivity contribution < 1.29 is 4.74 Å². The van der Waals surface area contributed by atoms with Gasteiger partial charge >= 0.3 is 0 Å². The van der Waals surface area contributed by atoms with Gasteiger partial charge in [-0.2, -0.15) is 0 Å². The van der Waals surface area contributed by atoms with Crippen LogP contribution in [0.5, 0.6) is 5.75 Å². The van der Waals surface area contributed by atoms with E-state index < -0.39 is 0 Å². The lowest BCUT2D eigenvalue weighted by atomic mass is 9.92. The van der Waals surface area contributed by atoms with Crippen LogP contribution in [-0.2, 0) is 0 Å². The maximum absolute atomic E-state index is 5.95. The monoisotopic (exact) mass is 189 g/mol. The van der Waals surface area contributed by atoms with E-state index in [9.17, 15) is 0 Å². The van der Waals surface area contributed by atoms with E-state index in [4.69, 9.17) is 4.74 Å². The van der Waals surface area contributed by atoms with E-state index in [1.165, 1.54) is 12.0 Å². The van der Waals surface area contributed by atoms with E-state index in [-0.39, 0.29) is 0 Å². The second-order valence-corrected chi connectivity index (χ2v) is 4.13. The molecular weight excluding hydrogens is 174 g/mol. The Balaban J connectivity index is 1.96. The molecule has 14 heavy (non-hydrogen) atoms. The van der Waals surface area contributed by atoms with Gasteiger partial charge < -0.3 is 10.1 Å². The molecule has 3 rings (SSSR count). The SMILES string of the molecule is c1ccc2c(c1)OC1CCNCCC21. The molecule has 2 heteroatoms. The van der Waals surface area contributed by atoms with Crippen molar-refractivity contribution in [3.63, 3.8) is 0 Å². The van der Waals surface area contributed by atoms with E-state index >= 15 is 0 Å². The molecule has 1 aromatic carbocycles. The highest BCUT2D eigenvalue weighted by molar-refractivity contribution is 5.41. The average Bonchev–Trinajstić information content (AvgIpc) is 2.42. The molecule has 0 spiro atoms. The molecule has 1 saturated heterocycles. The third-order valence-corrected chi connectivity index (χ3v) is 3.28. The molecule has 2 atom stereocenters. The molecule has 2 heterocycles. The molecule has 1 fully saturated rings. The minimum absolute atomic E-state index is 0.419. The van der Waals surface area contributed by atoms with Crippen LogP contribution in [0.25, 0.3) is 0 Å². The Morgan fingerprint density at radius 1 is 1.14 bits per heavy atom. The number of fused-ring (bicyclic) bond motifs is 3. The summed E-state index contributed by atoms with van der Waals surface area (Å²) in [7, 11) is 0. The minimum atomic E-state index is 0.419. The van der Waals surface area contributed by atoms with Crippen molar-refractivity contribution >= 4 is 0 Å². The first kappa shape index (κ1) is 8.30. The van der Waals surface area contributed by atoms with E-state index in [2.05, 4.69) is 29.6 Å². The molecule has 2 nitrogen and oxygen atoms in total. The fourth-order valence-electron chi connectivity index (χ4n) is 2.57. The summed E-state index contributed by atoms with van der Waals surface area (Å²) in [6.45, 7) is 2.22. The highest BCUT2D eigenvalue weighted by Gasteiger charge is 2.34. The predicted octanol–water partition coefficient (Wildman–Crippen LogP) is 1.91. The van der Waals surface area contributed by atoms with Gasteiger partial charge in [0.2, 0.25) is 0 Å². The van der Waals surface area contributed by atoms with Gasteiger partial charge in [-0.05, 0) is 32.0 Å². The summed E-state index contributed by atoms with van der Waals surface area (Å²) >= 11 is 0. The minimum Gasteiger partial charge on any atom is -0.489 e. The molecule has 74 valence electrons. The summed E-state index contributed by atoms with van der Waals surface area (Å²) in [5.41, 5.74) is 1.42. The van der Waals surface area contributed by atoms with Crippen molar-refractivity contribution in [3.8, 4) is 5.75 Å². The molecule has 0 bridgehead atoms. The van der Waals surface area contributed by atoms with Gasteiger partial charge in [-0.1, -0.05) is 18.2 Å². The number of rotatable bonds is 0. The average molecular weight is 189 g/mol. The van der Waals surface area contributed by atoms with Crippen molar-refractivity contribution in [2.75, 3.05) is 13.1 Å². The Kier molecular flexibility index (Phi) is 1.95. The number of ether oxygens (including phenoxy) is 1. The third-order valence-electron chi connectivity index (χ3n) is 3.28. The molecule has 0 radical (unpaired) electrons. The summed E-state index contributed by atoms with van der Waals surface area (Å²) in [5, 5.41) is 3.43. The van der Waals surface area contributed by atoms with Gasteiger partial charge in [0.15, 0.2) is 0 Å². The smallest absolute Gasteiger partial charge is 0.123 e. The highest BCUT2D eigenvalue weighted by Crippen LogP contribution is 2.41. The fraction of sp³-hybridized carbons (Fsp3) is 0.500. The van der Waals surface area contributed by atoms with Crippen LogP contribution in [0.4, 0.5) is 0 Å². The van der Waals surface area contributed by atoms with Crippen molar-refractivity contribution in [2.24, 2.45) is 0 Å². The number of hydrogen-bond acceptors (Lipinski definition) is 2. The van der Waals surface area contributed by atoms with Crippen LogP contribution < -0.4 is 10.1 Å². The van der Waals surface area contributed by atoms with Crippen LogP contribution in [0, 0.1) is 0 Å². The normalized spacial score (nSPS) is 30.0. The molecule has 0 saturated carbocycles. The Hall–Kier alpha value is -1.02. The summed E-state index contributed by atoms with van der Waals surface area (Å²) in [6.07, 6.45) is 2.77. The molecule has 1 N–H and O–H groups in total. The van der Waals surface area contributed by atoms with Gasteiger partial charge in [0.25, 0.3) is 0 Å². The fourth-order valence-corrected chi connectivity index (χ4v) is 2.57. The lowest BCUT2D eigenvalue weighted by Gasteiger charge is -2.14. The summed E-state index contributed by atoms with van der Waals surface area (Å²) < 4.78 is 5.95. The Morgan fingerprint density at radius 3 is 3.00 bits per heavy atom. The predicted molar refractivity (Wildman–Crippen MR) is 55.7 cm³/mol. The third kappa shape index (κ3) is 1.22. The molecule has 0 aromatic heterocycles. The topological polar surface area (TPSA) is 21.3 Å². The first-order valence-corrected chi connectivity index (χ1v) is 5.41. The van der Waals surface area contributed by atoms with Gasteiger partial charge in [0, 0.05) is 11.5 Å². The quantitative estimate of drug-likeness (QED) is 0.673. The van der Waals surface area contributed by atoms with Crippen molar-refractivity contribution in [1.29, 1.82) is 0 Å². The molecule has 2 aliphatic rings. The second-order valence-electron chi connectivity index (χ2n) is 4.13. The zero-order valence-corrected chi connectivity index (χ0v) is 8.20. The van der Waals surface area contributed by atoms with Crippen LogP contribution >= 0.6 is 0 Å². The Morgan fingerprint density at radius 2 is 2.00 bits per heavy atom. The Labute approximate surface area is 84.3 Å². The van der Waals surface area contributed by atoms with Crippen LogP contribution in [0.3, 0.4) is 0 Å². The van der Waals surface area contributed by atoms with E-state index in [1.54, 1.807) is 0 Å². The standard InChI is InChI=1S/C12H15NO/c1-2-4-11-9(3-1)10-5-7-13-8-6-12(10)14-11/h1-4,10,12-13H,5-8H2. The maximum atomic E-state index is 5.95.